The third kappa shape index (κ3) is 5.08. The summed E-state index contributed by atoms with van der Waals surface area (Å²) in [6, 6.07) is 10.6. The molecule has 8 heteroatoms. The first-order valence-electron chi connectivity index (χ1n) is 9.09. The lowest BCUT2D eigenvalue weighted by Crippen LogP contribution is -2.14. The Labute approximate surface area is 169 Å². The first-order chi connectivity index (χ1) is 14.0. The minimum atomic E-state index is -0.861. The molecule has 3 rings (SSSR count). The molecule has 0 bridgehead atoms. The molecule has 0 aliphatic rings. The Balaban J connectivity index is 1.77. The molecule has 0 radical (unpaired) electrons. The van der Waals surface area contributed by atoms with E-state index < -0.39 is 29.2 Å². The van der Waals surface area contributed by atoms with E-state index in [9.17, 15) is 18.4 Å². The third-order valence-electron chi connectivity index (χ3n) is 4.24. The van der Waals surface area contributed by atoms with Crippen molar-refractivity contribution in [2.75, 3.05) is 11.9 Å². The highest BCUT2D eigenvalue weighted by Gasteiger charge is 2.22. The number of carboxylic acids is 1. The molecule has 2 N–H and O–H groups in total. The number of amides is 1. The van der Waals surface area contributed by atoms with Crippen LogP contribution in [-0.4, -0.2) is 23.6 Å². The van der Waals surface area contributed by atoms with Crippen molar-refractivity contribution < 1.29 is 28.2 Å². The molecule has 29 heavy (non-hydrogen) atoms. The van der Waals surface area contributed by atoms with Crippen molar-refractivity contribution in [3.63, 3.8) is 0 Å². The number of rotatable bonds is 9. The number of hydrogen-bond donors (Lipinski definition) is 2. The van der Waals surface area contributed by atoms with Crippen molar-refractivity contribution in [2.24, 2.45) is 0 Å². The van der Waals surface area contributed by atoms with Crippen LogP contribution in [0.3, 0.4) is 0 Å². The van der Waals surface area contributed by atoms with E-state index in [1.54, 1.807) is 0 Å². The average Bonchev–Trinajstić information content (AvgIpc) is 3.06. The highest BCUT2D eigenvalue weighted by molar-refractivity contribution is 7.21. The number of halogens is 2. The minimum Gasteiger partial charge on any atom is -0.491 e. The quantitative estimate of drug-likeness (QED) is 0.452. The van der Waals surface area contributed by atoms with Crippen LogP contribution < -0.4 is 10.1 Å². The van der Waals surface area contributed by atoms with Gasteiger partial charge in [-0.2, -0.15) is 0 Å². The van der Waals surface area contributed by atoms with Crippen LogP contribution in [-0.2, 0) is 4.79 Å². The van der Waals surface area contributed by atoms with Crippen LogP contribution in [0.2, 0.25) is 0 Å². The Morgan fingerprint density at radius 3 is 2.45 bits per heavy atom. The highest BCUT2D eigenvalue weighted by Crippen LogP contribution is 2.38. The first-order valence-corrected chi connectivity index (χ1v) is 9.90. The van der Waals surface area contributed by atoms with Crippen molar-refractivity contribution in [3.05, 3.63) is 59.0 Å². The van der Waals surface area contributed by atoms with Crippen molar-refractivity contribution in [1.82, 2.24) is 0 Å². The Bertz CT molecular complexity index is 1010. The number of para-hydroxylation sites is 1. The Morgan fingerprint density at radius 1 is 1.00 bits per heavy atom. The molecule has 0 fully saturated rings. The summed E-state index contributed by atoms with van der Waals surface area (Å²) in [5.41, 5.74) is -0.505. The number of carbonyl (C=O) groups is 2. The summed E-state index contributed by atoms with van der Waals surface area (Å²) in [6.45, 7) is 0.300. The van der Waals surface area contributed by atoms with E-state index in [4.69, 9.17) is 9.84 Å². The second kappa shape index (κ2) is 9.47. The van der Waals surface area contributed by atoms with Crippen LogP contribution in [0.15, 0.2) is 42.5 Å². The fourth-order valence-corrected chi connectivity index (χ4v) is 3.87. The number of ether oxygens (including phenoxy) is 1. The van der Waals surface area contributed by atoms with Crippen LogP contribution in [0, 0.1) is 11.6 Å². The van der Waals surface area contributed by atoms with E-state index in [-0.39, 0.29) is 11.3 Å². The smallest absolute Gasteiger partial charge is 0.303 e. The summed E-state index contributed by atoms with van der Waals surface area (Å²) in [6.07, 6.45) is 1.95. The number of anilines is 1. The second-order valence-electron chi connectivity index (χ2n) is 6.36. The first kappa shape index (κ1) is 20.7. The monoisotopic (exact) mass is 419 g/mol. The predicted octanol–water partition coefficient (Wildman–Crippen LogP) is 5.46. The zero-order valence-corrected chi connectivity index (χ0v) is 16.2. The van der Waals surface area contributed by atoms with Gasteiger partial charge in [0, 0.05) is 16.5 Å². The minimum absolute atomic E-state index is 0.100. The lowest BCUT2D eigenvalue weighted by Gasteiger charge is -2.10. The largest absolute Gasteiger partial charge is 0.491 e. The number of carboxylic acid groups (broad SMARTS) is 1. The molecular formula is C21H19F2NO4S. The van der Waals surface area contributed by atoms with E-state index in [0.717, 1.165) is 22.2 Å². The number of unbranched alkanes of at least 4 members (excludes halogenated alkanes) is 2. The van der Waals surface area contributed by atoms with Crippen LogP contribution >= 0.6 is 11.3 Å². The van der Waals surface area contributed by atoms with Crippen molar-refractivity contribution in [2.45, 2.75) is 25.7 Å². The Morgan fingerprint density at radius 2 is 1.72 bits per heavy atom. The van der Waals surface area contributed by atoms with E-state index in [1.807, 2.05) is 24.3 Å². The number of thiophene rings is 1. The van der Waals surface area contributed by atoms with Crippen LogP contribution in [0.25, 0.3) is 10.1 Å². The number of fused-ring (bicyclic) bond motifs is 1. The molecule has 152 valence electrons. The maximum Gasteiger partial charge on any atom is 0.303 e. The molecule has 0 atom stereocenters. The van der Waals surface area contributed by atoms with Gasteiger partial charge in [-0.1, -0.05) is 18.2 Å². The fraction of sp³-hybridized carbons (Fsp3) is 0.238. The number of nitrogens with one attached hydrogen (secondary N) is 1. The van der Waals surface area contributed by atoms with Gasteiger partial charge in [0.1, 0.15) is 22.2 Å². The summed E-state index contributed by atoms with van der Waals surface area (Å²) in [5.74, 6) is -2.86. The summed E-state index contributed by atoms with van der Waals surface area (Å²) in [5, 5.41) is 11.7. The predicted molar refractivity (Wildman–Crippen MR) is 108 cm³/mol. The summed E-state index contributed by atoms with van der Waals surface area (Å²) in [4.78, 5) is 23.5. The van der Waals surface area contributed by atoms with Gasteiger partial charge in [0.15, 0.2) is 5.75 Å². The number of carbonyl (C=O) groups excluding carboxylic acids is 1. The van der Waals surface area contributed by atoms with Gasteiger partial charge in [0.05, 0.1) is 6.61 Å². The van der Waals surface area contributed by atoms with Gasteiger partial charge in [0.25, 0.3) is 5.91 Å². The molecule has 0 aliphatic carbocycles. The van der Waals surface area contributed by atoms with Crippen molar-refractivity contribution >= 4 is 39.0 Å². The molecule has 0 saturated carbocycles. The molecule has 1 heterocycles. The number of benzene rings is 2. The lowest BCUT2D eigenvalue weighted by atomic mass is 10.2. The zero-order valence-electron chi connectivity index (χ0n) is 15.4. The SMILES string of the molecule is O=C(O)CCCCCOc1c(C(=O)Nc2c(F)cccc2F)sc2ccccc12. The molecular weight excluding hydrogens is 400 g/mol. The maximum atomic E-state index is 13.9. The van der Waals surface area contributed by atoms with Gasteiger partial charge in [-0.05, 0) is 43.5 Å². The van der Waals surface area contributed by atoms with Gasteiger partial charge in [-0.15, -0.1) is 11.3 Å². The van der Waals surface area contributed by atoms with Gasteiger partial charge in [-0.3, -0.25) is 9.59 Å². The normalized spacial score (nSPS) is 10.8. The highest BCUT2D eigenvalue weighted by atomic mass is 32.1. The van der Waals surface area contributed by atoms with Gasteiger partial charge >= 0.3 is 5.97 Å². The molecule has 3 aromatic rings. The van der Waals surface area contributed by atoms with Crippen molar-refractivity contribution in [3.8, 4) is 5.75 Å². The number of aliphatic carboxylic acids is 1. The molecule has 0 aliphatic heterocycles. The van der Waals surface area contributed by atoms with Crippen molar-refractivity contribution in [1.29, 1.82) is 0 Å². The Kier molecular flexibility index (Phi) is 6.77. The standard InChI is InChI=1S/C21H19F2NO4S/c22-14-8-6-9-15(23)18(14)24-21(27)20-19(13-7-3-4-10-16(13)29-20)28-12-5-1-2-11-17(25)26/h3-4,6-10H,1-2,5,11-12H2,(H,24,27)(H,25,26). The van der Waals surface area contributed by atoms with E-state index in [0.29, 0.717) is 31.6 Å². The Hall–Kier alpha value is -3.00. The summed E-state index contributed by atoms with van der Waals surface area (Å²) < 4.78 is 34.4. The molecule has 1 amide bonds. The summed E-state index contributed by atoms with van der Waals surface area (Å²) in [7, 11) is 0. The van der Waals surface area contributed by atoms with E-state index in [1.165, 1.54) is 17.4 Å². The molecule has 0 saturated heterocycles. The van der Waals surface area contributed by atoms with Crippen LogP contribution in [0.1, 0.15) is 35.4 Å². The van der Waals surface area contributed by atoms with Gasteiger partial charge < -0.3 is 15.2 Å². The molecule has 5 nitrogen and oxygen atoms in total. The topological polar surface area (TPSA) is 75.6 Å². The molecule has 0 unspecified atom stereocenters. The summed E-state index contributed by atoms with van der Waals surface area (Å²) >= 11 is 1.18. The molecule has 1 aromatic heterocycles. The second-order valence-corrected chi connectivity index (χ2v) is 7.41. The molecule has 2 aromatic carbocycles. The van der Waals surface area contributed by atoms with Crippen LogP contribution in [0.4, 0.5) is 14.5 Å². The van der Waals surface area contributed by atoms with Gasteiger partial charge in [-0.25, -0.2) is 8.78 Å². The van der Waals surface area contributed by atoms with E-state index in [2.05, 4.69) is 5.32 Å². The average molecular weight is 419 g/mol. The van der Waals surface area contributed by atoms with Crippen LogP contribution in [0.5, 0.6) is 5.75 Å². The maximum absolute atomic E-state index is 13.9. The molecule has 0 spiro atoms. The fourth-order valence-electron chi connectivity index (χ4n) is 2.83. The third-order valence-corrected chi connectivity index (χ3v) is 5.39. The van der Waals surface area contributed by atoms with Gasteiger partial charge in [0.2, 0.25) is 0 Å². The lowest BCUT2D eigenvalue weighted by molar-refractivity contribution is -0.137. The number of hydrogen-bond acceptors (Lipinski definition) is 4. The van der Waals surface area contributed by atoms with E-state index >= 15 is 0 Å². The zero-order chi connectivity index (χ0) is 20.8.